The lowest BCUT2D eigenvalue weighted by Crippen LogP contribution is -1.98. The van der Waals surface area contributed by atoms with Crippen LogP contribution in [0.3, 0.4) is 0 Å². The van der Waals surface area contributed by atoms with Gasteiger partial charge in [-0.25, -0.2) is 0 Å². The first-order chi connectivity index (χ1) is 9.47. The molecule has 0 aliphatic heterocycles. The second kappa shape index (κ2) is 6.24. The predicted octanol–water partition coefficient (Wildman–Crippen LogP) is 3.48. The molecule has 0 spiro atoms. The average Bonchev–Trinajstić information content (AvgIpc) is 2.86. The van der Waals surface area contributed by atoms with Gasteiger partial charge >= 0.3 is 0 Å². The highest BCUT2D eigenvalue weighted by atomic mass is 35.5. The van der Waals surface area contributed by atoms with Crippen LogP contribution in [-0.2, 0) is 6.61 Å². The van der Waals surface area contributed by atoms with Gasteiger partial charge in [-0.05, 0) is 24.6 Å². The molecule has 0 unspecified atom stereocenters. The van der Waals surface area contributed by atoms with E-state index in [1.165, 1.54) is 0 Å². The first-order valence-corrected chi connectivity index (χ1v) is 6.78. The van der Waals surface area contributed by atoms with E-state index in [2.05, 4.69) is 10.1 Å². The van der Waals surface area contributed by atoms with E-state index >= 15 is 0 Å². The molecule has 0 fully saturated rings. The number of hydrogen-bond acceptors (Lipinski definition) is 5. The van der Waals surface area contributed by atoms with Crippen LogP contribution in [-0.4, -0.2) is 15.2 Å². The molecule has 20 heavy (non-hydrogen) atoms. The zero-order chi connectivity index (χ0) is 14.7. The van der Waals surface area contributed by atoms with Gasteiger partial charge in [0.05, 0.1) is 11.1 Å². The van der Waals surface area contributed by atoms with Crippen molar-refractivity contribution in [2.45, 2.75) is 39.4 Å². The monoisotopic (exact) mass is 296 g/mol. The Morgan fingerprint density at radius 3 is 2.65 bits per heavy atom. The lowest BCUT2D eigenvalue weighted by Gasteiger charge is -2.09. The second-order valence-corrected chi connectivity index (χ2v) is 5.26. The molecule has 108 valence electrons. The molecule has 1 aromatic heterocycles. The fraction of sp³-hybridized carbons (Fsp3) is 0.429. The van der Waals surface area contributed by atoms with E-state index in [1.54, 1.807) is 25.1 Å². The van der Waals surface area contributed by atoms with Gasteiger partial charge in [0.1, 0.15) is 5.75 Å². The van der Waals surface area contributed by atoms with Crippen LogP contribution in [0.2, 0.25) is 5.02 Å². The number of aliphatic hydroxyl groups is 1. The largest absolute Gasteiger partial charge is 0.482 e. The first-order valence-electron chi connectivity index (χ1n) is 6.40. The zero-order valence-corrected chi connectivity index (χ0v) is 12.4. The summed E-state index contributed by atoms with van der Waals surface area (Å²) in [6.45, 7) is 5.81. The summed E-state index contributed by atoms with van der Waals surface area (Å²) in [6, 6.07) is 5.15. The molecule has 0 saturated carbocycles. The van der Waals surface area contributed by atoms with Gasteiger partial charge in [-0.3, -0.25) is 0 Å². The summed E-state index contributed by atoms with van der Waals surface area (Å²) in [4.78, 5) is 4.21. The van der Waals surface area contributed by atoms with Gasteiger partial charge in [0.2, 0.25) is 0 Å². The molecule has 0 amide bonds. The third-order valence-corrected chi connectivity index (χ3v) is 3.09. The molecule has 0 aliphatic carbocycles. The number of aliphatic hydroxyl groups excluding tert-OH is 1. The van der Waals surface area contributed by atoms with Gasteiger partial charge in [-0.1, -0.05) is 36.7 Å². The summed E-state index contributed by atoms with van der Waals surface area (Å²) in [5.74, 6) is 1.78. The molecular formula is C14H17ClN2O3. The Bertz CT molecular complexity index is 582. The molecule has 0 saturated heterocycles. The topological polar surface area (TPSA) is 68.4 Å². The van der Waals surface area contributed by atoms with Crippen molar-refractivity contribution in [3.05, 3.63) is 40.5 Å². The van der Waals surface area contributed by atoms with Gasteiger partial charge in [0.25, 0.3) is 5.89 Å². The van der Waals surface area contributed by atoms with Crippen LogP contribution in [0, 0.1) is 0 Å². The molecule has 0 bridgehead atoms. The van der Waals surface area contributed by atoms with Gasteiger partial charge < -0.3 is 14.4 Å². The lowest BCUT2D eigenvalue weighted by molar-refractivity contribution is 0.199. The van der Waals surface area contributed by atoms with Crippen LogP contribution >= 0.6 is 11.6 Å². The van der Waals surface area contributed by atoms with Crippen molar-refractivity contribution in [3.63, 3.8) is 0 Å². The quantitative estimate of drug-likeness (QED) is 0.915. The molecule has 5 nitrogen and oxygen atoms in total. The molecule has 6 heteroatoms. The van der Waals surface area contributed by atoms with E-state index in [0.717, 1.165) is 5.56 Å². The Kier molecular flexibility index (Phi) is 4.62. The fourth-order valence-corrected chi connectivity index (χ4v) is 1.84. The highest BCUT2D eigenvalue weighted by Crippen LogP contribution is 2.28. The summed E-state index contributed by atoms with van der Waals surface area (Å²) in [5, 5.41) is 13.8. The molecule has 1 heterocycles. The number of ether oxygens (including phenoxy) is 1. The lowest BCUT2D eigenvalue weighted by atomic mass is 10.1. The van der Waals surface area contributed by atoms with E-state index in [4.69, 9.17) is 20.9 Å². The number of benzene rings is 1. The van der Waals surface area contributed by atoms with Crippen LogP contribution in [0.5, 0.6) is 5.75 Å². The van der Waals surface area contributed by atoms with Gasteiger partial charge in [-0.2, -0.15) is 4.98 Å². The van der Waals surface area contributed by atoms with Crippen molar-refractivity contribution >= 4 is 11.6 Å². The molecule has 2 aromatic rings. The number of aromatic nitrogens is 2. The molecule has 1 aromatic carbocycles. The van der Waals surface area contributed by atoms with E-state index in [1.807, 2.05) is 13.8 Å². The Morgan fingerprint density at radius 1 is 1.35 bits per heavy atom. The summed E-state index contributed by atoms with van der Waals surface area (Å²) < 4.78 is 10.6. The Morgan fingerprint density at radius 2 is 2.10 bits per heavy atom. The van der Waals surface area contributed by atoms with Crippen molar-refractivity contribution in [2.24, 2.45) is 0 Å². The Labute approximate surface area is 122 Å². The number of rotatable bonds is 5. The average molecular weight is 297 g/mol. The van der Waals surface area contributed by atoms with Crippen LogP contribution in [0.4, 0.5) is 0 Å². The minimum atomic E-state index is -0.564. The third kappa shape index (κ3) is 3.49. The van der Waals surface area contributed by atoms with E-state index in [0.29, 0.717) is 22.5 Å². The Hall–Kier alpha value is -1.59. The zero-order valence-electron chi connectivity index (χ0n) is 11.6. The molecule has 2 rings (SSSR count). The van der Waals surface area contributed by atoms with Crippen molar-refractivity contribution < 1.29 is 14.4 Å². The summed E-state index contributed by atoms with van der Waals surface area (Å²) in [5.41, 5.74) is 0.738. The van der Waals surface area contributed by atoms with E-state index in [-0.39, 0.29) is 12.5 Å². The highest BCUT2D eigenvalue weighted by molar-refractivity contribution is 6.32. The normalized spacial score (nSPS) is 12.7. The highest BCUT2D eigenvalue weighted by Gasteiger charge is 2.11. The number of halogens is 1. The number of nitrogens with zero attached hydrogens (tertiary/aromatic N) is 2. The fourth-order valence-electron chi connectivity index (χ4n) is 1.59. The Balaban J connectivity index is 2.03. The van der Waals surface area contributed by atoms with Gasteiger partial charge in [0.15, 0.2) is 12.4 Å². The van der Waals surface area contributed by atoms with Crippen LogP contribution < -0.4 is 4.74 Å². The minimum absolute atomic E-state index is 0.160. The molecular weight excluding hydrogens is 280 g/mol. The van der Waals surface area contributed by atoms with E-state index < -0.39 is 6.10 Å². The van der Waals surface area contributed by atoms with Crippen molar-refractivity contribution in [1.82, 2.24) is 10.1 Å². The minimum Gasteiger partial charge on any atom is -0.482 e. The number of hydrogen-bond donors (Lipinski definition) is 1. The first kappa shape index (κ1) is 14.8. The molecule has 1 atom stereocenters. The maximum Gasteiger partial charge on any atom is 0.264 e. The maximum atomic E-state index is 9.47. The summed E-state index contributed by atoms with van der Waals surface area (Å²) in [6.07, 6.45) is -0.564. The maximum absolute atomic E-state index is 9.47. The van der Waals surface area contributed by atoms with E-state index in [9.17, 15) is 5.11 Å². The smallest absolute Gasteiger partial charge is 0.264 e. The van der Waals surface area contributed by atoms with Crippen molar-refractivity contribution in [3.8, 4) is 5.75 Å². The van der Waals surface area contributed by atoms with Crippen LogP contribution in [0.15, 0.2) is 22.7 Å². The third-order valence-electron chi connectivity index (χ3n) is 2.79. The van der Waals surface area contributed by atoms with Crippen molar-refractivity contribution in [1.29, 1.82) is 0 Å². The molecule has 0 aliphatic rings. The standard InChI is InChI=1S/C14H17ClN2O3/c1-8(2)14-16-13(20-17-14)7-19-12-5-4-10(9(3)18)6-11(12)15/h4-6,8-9,18H,7H2,1-3H3/t9-/m0/s1. The van der Waals surface area contributed by atoms with Crippen LogP contribution in [0.1, 0.15) is 50.1 Å². The summed E-state index contributed by atoms with van der Waals surface area (Å²) in [7, 11) is 0. The predicted molar refractivity (Wildman–Crippen MR) is 74.8 cm³/mol. The SMILES string of the molecule is CC(C)c1noc(COc2ccc([C@H](C)O)cc2Cl)n1. The molecule has 1 N–H and O–H groups in total. The van der Waals surface area contributed by atoms with Crippen molar-refractivity contribution in [2.75, 3.05) is 0 Å². The van der Waals surface area contributed by atoms with Gasteiger partial charge in [0, 0.05) is 5.92 Å². The van der Waals surface area contributed by atoms with Crippen LogP contribution in [0.25, 0.3) is 0 Å². The second-order valence-electron chi connectivity index (χ2n) is 4.86. The van der Waals surface area contributed by atoms with Gasteiger partial charge in [-0.15, -0.1) is 0 Å². The summed E-state index contributed by atoms with van der Waals surface area (Å²) >= 11 is 6.09. The molecule has 0 radical (unpaired) electrons.